The van der Waals surface area contributed by atoms with Gasteiger partial charge in [-0.25, -0.2) is 0 Å². The van der Waals surface area contributed by atoms with Gasteiger partial charge in [-0.1, -0.05) is 23.7 Å². The SMILES string of the molecule is Cc1nn(C)c(C)c1Cc1ccc(NC(=O)c2ccc(Cl)c([N+](=O)[O-])c2)cc1. The first-order valence-electron chi connectivity index (χ1n) is 8.59. The smallest absolute Gasteiger partial charge is 0.288 e. The molecule has 1 N–H and O–H groups in total. The largest absolute Gasteiger partial charge is 0.322 e. The van der Waals surface area contributed by atoms with Gasteiger partial charge in [-0.15, -0.1) is 0 Å². The number of nitro groups is 1. The number of aryl methyl sites for hydroxylation is 2. The second-order valence-corrected chi connectivity index (χ2v) is 6.93. The summed E-state index contributed by atoms with van der Waals surface area (Å²) in [6.07, 6.45) is 0.753. The molecule has 8 heteroatoms. The quantitative estimate of drug-likeness (QED) is 0.508. The van der Waals surface area contributed by atoms with Crippen molar-refractivity contribution in [1.29, 1.82) is 0 Å². The lowest BCUT2D eigenvalue weighted by Crippen LogP contribution is -2.12. The van der Waals surface area contributed by atoms with Gasteiger partial charge in [-0.2, -0.15) is 5.10 Å². The third kappa shape index (κ3) is 4.04. The topological polar surface area (TPSA) is 90.1 Å². The van der Waals surface area contributed by atoms with Crippen molar-refractivity contribution in [2.24, 2.45) is 7.05 Å². The zero-order valence-electron chi connectivity index (χ0n) is 15.7. The minimum absolute atomic E-state index is 0.00751. The summed E-state index contributed by atoms with van der Waals surface area (Å²) in [5.74, 6) is -0.438. The Balaban J connectivity index is 1.73. The lowest BCUT2D eigenvalue weighted by molar-refractivity contribution is -0.384. The molecule has 3 rings (SSSR count). The van der Waals surface area contributed by atoms with E-state index < -0.39 is 10.8 Å². The number of anilines is 1. The lowest BCUT2D eigenvalue weighted by Gasteiger charge is -2.08. The number of benzene rings is 2. The summed E-state index contributed by atoms with van der Waals surface area (Å²) in [5, 5.41) is 18.1. The Morgan fingerprint density at radius 3 is 2.46 bits per heavy atom. The molecule has 0 atom stereocenters. The molecule has 1 heterocycles. The van der Waals surface area contributed by atoms with Gasteiger partial charge >= 0.3 is 0 Å². The van der Waals surface area contributed by atoms with E-state index in [-0.39, 0.29) is 16.3 Å². The maximum absolute atomic E-state index is 12.4. The number of hydrogen-bond donors (Lipinski definition) is 1. The van der Waals surface area contributed by atoms with Crippen LogP contribution >= 0.6 is 11.6 Å². The van der Waals surface area contributed by atoms with Crippen LogP contribution in [0.15, 0.2) is 42.5 Å². The van der Waals surface area contributed by atoms with E-state index in [4.69, 9.17) is 11.6 Å². The standard InChI is InChI=1S/C20H19ClN4O3/c1-12-17(13(2)24(3)23-12)10-14-4-7-16(8-5-14)22-20(26)15-6-9-18(21)19(11-15)25(27)28/h4-9,11H,10H2,1-3H3,(H,22,26). The van der Waals surface area contributed by atoms with Crippen molar-refractivity contribution in [3.63, 3.8) is 0 Å². The highest BCUT2D eigenvalue weighted by atomic mass is 35.5. The molecule has 0 aliphatic heterocycles. The number of nitrogens with zero attached hydrogens (tertiary/aromatic N) is 3. The van der Waals surface area contributed by atoms with Crippen LogP contribution in [0.2, 0.25) is 5.02 Å². The molecule has 0 unspecified atom stereocenters. The number of hydrogen-bond acceptors (Lipinski definition) is 4. The van der Waals surface area contributed by atoms with Crippen LogP contribution in [0.5, 0.6) is 0 Å². The Morgan fingerprint density at radius 1 is 1.21 bits per heavy atom. The van der Waals surface area contributed by atoms with Crippen LogP contribution in [0.25, 0.3) is 0 Å². The van der Waals surface area contributed by atoms with Crippen molar-refractivity contribution >= 4 is 28.9 Å². The summed E-state index contributed by atoms with van der Waals surface area (Å²) in [5.41, 5.74) is 4.88. The Labute approximate surface area is 167 Å². The van der Waals surface area contributed by atoms with E-state index in [0.29, 0.717) is 5.69 Å². The summed E-state index contributed by atoms with van der Waals surface area (Å²) >= 11 is 5.78. The van der Waals surface area contributed by atoms with E-state index in [1.165, 1.54) is 23.8 Å². The highest BCUT2D eigenvalue weighted by molar-refractivity contribution is 6.32. The summed E-state index contributed by atoms with van der Waals surface area (Å²) in [6, 6.07) is 11.4. The minimum atomic E-state index is -0.615. The van der Waals surface area contributed by atoms with Crippen molar-refractivity contribution in [1.82, 2.24) is 9.78 Å². The van der Waals surface area contributed by atoms with Gasteiger partial charge in [0.25, 0.3) is 11.6 Å². The first-order valence-corrected chi connectivity index (χ1v) is 8.97. The third-order valence-electron chi connectivity index (χ3n) is 4.66. The maximum atomic E-state index is 12.4. The van der Waals surface area contributed by atoms with Gasteiger partial charge in [0.05, 0.1) is 10.6 Å². The third-order valence-corrected chi connectivity index (χ3v) is 4.98. The summed E-state index contributed by atoms with van der Waals surface area (Å²) in [6.45, 7) is 4.03. The molecular formula is C20H19ClN4O3. The fraction of sp³-hybridized carbons (Fsp3) is 0.200. The van der Waals surface area contributed by atoms with E-state index in [9.17, 15) is 14.9 Å². The van der Waals surface area contributed by atoms with Crippen LogP contribution in [0.3, 0.4) is 0 Å². The number of aromatic nitrogens is 2. The Kier molecular flexibility index (Phi) is 5.46. The van der Waals surface area contributed by atoms with Crippen molar-refractivity contribution in [3.8, 4) is 0 Å². The number of carbonyl (C=O) groups excluding carboxylic acids is 1. The van der Waals surface area contributed by atoms with Gasteiger partial charge in [-0.3, -0.25) is 19.6 Å². The van der Waals surface area contributed by atoms with Gasteiger partial charge in [-0.05, 0) is 43.7 Å². The Bertz CT molecular complexity index is 1060. The van der Waals surface area contributed by atoms with Crippen LogP contribution in [0, 0.1) is 24.0 Å². The molecule has 0 saturated heterocycles. The average Bonchev–Trinajstić information content (AvgIpc) is 2.89. The predicted molar refractivity (Wildman–Crippen MR) is 108 cm³/mol. The Morgan fingerprint density at radius 2 is 1.89 bits per heavy atom. The lowest BCUT2D eigenvalue weighted by atomic mass is 10.0. The number of amides is 1. The molecule has 1 aromatic heterocycles. The molecule has 2 aromatic carbocycles. The molecule has 0 radical (unpaired) electrons. The van der Waals surface area contributed by atoms with E-state index in [1.807, 2.05) is 37.7 Å². The predicted octanol–water partition coefficient (Wildman–Crippen LogP) is 4.44. The first kappa shape index (κ1) is 19.6. The molecular weight excluding hydrogens is 380 g/mol. The molecule has 0 aliphatic carbocycles. The number of nitro benzene ring substituents is 1. The molecule has 28 heavy (non-hydrogen) atoms. The number of carbonyl (C=O) groups is 1. The molecule has 0 fully saturated rings. The fourth-order valence-electron chi connectivity index (χ4n) is 2.98. The van der Waals surface area contributed by atoms with Gasteiger partial charge in [0.1, 0.15) is 5.02 Å². The number of nitrogens with one attached hydrogen (secondary N) is 1. The van der Waals surface area contributed by atoms with Crippen LogP contribution < -0.4 is 5.32 Å². The highest BCUT2D eigenvalue weighted by Crippen LogP contribution is 2.25. The maximum Gasteiger partial charge on any atom is 0.288 e. The number of halogens is 1. The average molecular weight is 399 g/mol. The van der Waals surface area contributed by atoms with Crippen LogP contribution in [0.4, 0.5) is 11.4 Å². The number of rotatable bonds is 5. The van der Waals surface area contributed by atoms with E-state index in [1.54, 1.807) is 12.1 Å². The normalized spacial score (nSPS) is 10.7. The molecule has 7 nitrogen and oxygen atoms in total. The molecule has 0 saturated carbocycles. The molecule has 0 bridgehead atoms. The molecule has 0 aliphatic rings. The van der Waals surface area contributed by atoms with E-state index >= 15 is 0 Å². The van der Waals surface area contributed by atoms with Gasteiger partial charge < -0.3 is 5.32 Å². The highest BCUT2D eigenvalue weighted by Gasteiger charge is 2.16. The minimum Gasteiger partial charge on any atom is -0.322 e. The van der Waals surface area contributed by atoms with Gasteiger partial charge in [0, 0.05) is 42.0 Å². The zero-order chi connectivity index (χ0) is 20.4. The summed E-state index contributed by atoms with van der Waals surface area (Å²) in [7, 11) is 1.92. The van der Waals surface area contributed by atoms with Crippen LogP contribution in [-0.2, 0) is 13.5 Å². The van der Waals surface area contributed by atoms with Crippen molar-refractivity contribution in [2.75, 3.05) is 5.32 Å². The zero-order valence-corrected chi connectivity index (χ0v) is 16.4. The second-order valence-electron chi connectivity index (χ2n) is 6.52. The molecule has 144 valence electrons. The summed E-state index contributed by atoms with van der Waals surface area (Å²) in [4.78, 5) is 22.7. The Hall–Kier alpha value is -3.19. The van der Waals surface area contributed by atoms with Crippen LogP contribution in [-0.4, -0.2) is 20.6 Å². The molecule has 0 spiro atoms. The van der Waals surface area contributed by atoms with Crippen molar-refractivity contribution in [2.45, 2.75) is 20.3 Å². The molecule has 3 aromatic rings. The van der Waals surface area contributed by atoms with Crippen molar-refractivity contribution < 1.29 is 9.72 Å². The fourth-order valence-corrected chi connectivity index (χ4v) is 3.17. The van der Waals surface area contributed by atoms with Crippen molar-refractivity contribution in [3.05, 3.63) is 85.7 Å². The second kappa shape index (κ2) is 7.82. The van der Waals surface area contributed by atoms with Gasteiger partial charge in [0.15, 0.2) is 0 Å². The van der Waals surface area contributed by atoms with Crippen LogP contribution in [0.1, 0.15) is 32.9 Å². The summed E-state index contributed by atoms with van der Waals surface area (Å²) < 4.78 is 1.87. The first-order chi connectivity index (χ1) is 13.3. The van der Waals surface area contributed by atoms with E-state index in [2.05, 4.69) is 10.4 Å². The molecule has 1 amide bonds. The van der Waals surface area contributed by atoms with Gasteiger partial charge in [0.2, 0.25) is 0 Å². The monoisotopic (exact) mass is 398 g/mol. The van der Waals surface area contributed by atoms with E-state index in [0.717, 1.165) is 23.4 Å².